The molecule has 1 aliphatic carbocycles. The van der Waals surface area contributed by atoms with Gasteiger partial charge in [-0.05, 0) is 45.6 Å². The van der Waals surface area contributed by atoms with Crippen LogP contribution in [0.5, 0.6) is 0 Å². The maximum atomic E-state index is 5.59. The SMILES string of the molecule is CC1OCCC1(C)NCC1CCC1. The molecule has 0 aromatic rings. The van der Waals surface area contributed by atoms with Gasteiger partial charge in [-0.15, -0.1) is 0 Å². The molecular weight excluding hydrogens is 162 g/mol. The fourth-order valence-electron chi connectivity index (χ4n) is 2.14. The van der Waals surface area contributed by atoms with Crippen LogP contribution in [0.2, 0.25) is 0 Å². The molecular formula is C11H21NO. The second kappa shape index (κ2) is 3.58. The first-order valence-electron chi connectivity index (χ1n) is 5.57. The van der Waals surface area contributed by atoms with Gasteiger partial charge in [0.1, 0.15) is 0 Å². The number of hydrogen-bond donors (Lipinski definition) is 1. The van der Waals surface area contributed by atoms with Crippen molar-refractivity contribution in [1.82, 2.24) is 5.32 Å². The largest absolute Gasteiger partial charge is 0.377 e. The molecule has 0 bridgehead atoms. The average Bonchev–Trinajstić information content (AvgIpc) is 2.30. The van der Waals surface area contributed by atoms with Crippen molar-refractivity contribution in [3.8, 4) is 0 Å². The molecule has 2 atom stereocenters. The zero-order chi connectivity index (χ0) is 9.31. The summed E-state index contributed by atoms with van der Waals surface area (Å²) in [7, 11) is 0. The van der Waals surface area contributed by atoms with Gasteiger partial charge in [0, 0.05) is 12.1 Å². The van der Waals surface area contributed by atoms with Crippen molar-refractivity contribution >= 4 is 0 Å². The van der Waals surface area contributed by atoms with Gasteiger partial charge >= 0.3 is 0 Å². The Morgan fingerprint density at radius 3 is 2.69 bits per heavy atom. The highest BCUT2D eigenvalue weighted by atomic mass is 16.5. The van der Waals surface area contributed by atoms with Crippen LogP contribution in [0.4, 0.5) is 0 Å². The average molecular weight is 183 g/mol. The van der Waals surface area contributed by atoms with Crippen molar-refractivity contribution < 1.29 is 4.74 Å². The van der Waals surface area contributed by atoms with Gasteiger partial charge in [0.25, 0.3) is 0 Å². The predicted molar refractivity (Wildman–Crippen MR) is 53.8 cm³/mol. The Morgan fingerprint density at radius 1 is 1.46 bits per heavy atom. The molecule has 1 N–H and O–H groups in total. The first-order chi connectivity index (χ1) is 6.21. The topological polar surface area (TPSA) is 21.3 Å². The Bertz CT molecular complexity index is 179. The standard InChI is InChI=1S/C11H21NO/c1-9-11(2,6-7-13-9)12-8-10-4-3-5-10/h9-10,12H,3-8H2,1-2H3. The van der Waals surface area contributed by atoms with Gasteiger partial charge in [0.15, 0.2) is 0 Å². The molecule has 2 aliphatic rings. The van der Waals surface area contributed by atoms with E-state index < -0.39 is 0 Å². The second-order valence-electron chi connectivity index (χ2n) is 4.86. The van der Waals surface area contributed by atoms with Gasteiger partial charge < -0.3 is 10.1 Å². The van der Waals surface area contributed by atoms with E-state index in [0.717, 1.165) is 12.5 Å². The van der Waals surface area contributed by atoms with E-state index in [1.165, 1.54) is 32.2 Å². The van der Waals surface area contributed by atoms with E-state index in [1.807, 2.05) is 0 Å². The zero-order valence-electron chi connectivity index (χ0n) is 8.81. The van der Waals surface area contributed by atoms with Crippen molar-refractivity contribution in [3.63, 3.8) is 0 Å². The number of rotatable bonds is 3. The lowest BCUT2D eigenvalue weighted by atomic mass is 9.84. The Kier molecular flexibility index (Phi) is 2.61. The van der Waals surface area contributed by atoms with E-state index in [9.17, 15) is 0 Å². The third-order valence-electron chi connectivity index (χ3n) is 3.91. The monoisotopic (exact) mass is 183 g/mol. The molecule has 0 aromatic carbocycles. The van der Waals surface area contributed by atoms with Crippen molar-refractivity contribution in [1.29, 1.82) is 0 Å². The van der Waals surface area contributed by atoms with Crippen molar-refractivity contribution in [2.45, 2.75) is 51.2 Å². The van der Waals surface area contributed by atoms with Gasteiger partial charge in [-0.3, -0.25) is 0 Å². The Morgan fingerprint density at radius 2 is 2.23 bits per heavy atom. The third-order valence-corrected chi connectivity index (χ3v) is 3.91. The fraction of sp³-hybridized carbons (Fsp3) is 1.00. The molecule has 1 saturated heterocycles. The van der Waals surface area contributed by atoms with E-state index in [0.29, 0.717) is 6.10 Å². The fourth-order valence-corrected chi connectivity index (χ4v) is 2.14. The van der Waals surface area contributed by atoms with Gasteiger partial charge in [-0.2, -0.15) is 0 Å². The van der Waals surface area contributed by atoms with Gasteiger partial charge in [-0.1, -0.05) is 6.42 Å². The Labute approximate surface area is 81.0 Å². The van der Waals surface area contributed by atoms with Crippen molar-refractivity contribution in [2.75, 3.05) is 13.2 Å². The van der Waals surface area contributed by atoms with Crippen molar-refractivity contribution in [3.05, 3.63) is 0 Å². The number of hydrogen-bond acceptors (Lipinski definition) is 2. The maximum absolute atomic E-state index is 5.59. The van der Waals surface area contributed by atoms with Crippen LogP contribution in [-0.4, -0.2) is 24.8 Å². The molecule has 2 heteroatoms. The van der Waals surface area contributed by atoms with Crippen LogP contribution in [0.15, 0.2) is 0 Å². The van der Waals surface area contributed by atoms with E-state index in [2.05, 4.69) is 19.2 Å². The third kappa shape index (κ3) is 1.89. The van der Waals surface area contributed by atoms with Crippen LogP contribution in [0.3, 0.4) is 0 Å². The molecule has 0 radical (unpaired) electrons. The summed E-state index contributed by atoms with van der Waals surface area (Å²) < 4.78 is 5.59. The lowest BCUT2D eigenvalue weighted by Crippen LogP contribution is -2.50. The molecule has 0 spiro atoms. The molecule has 13 heavy (non-hydrogen) atoms. The summed E-state index contributed by atoms with van der Waals surface area (Å²) in [5.74, 6) is 0.949. The second-order valence-corrected chi connectivity index (χ2v) is 4.86. The molecule has 76 valence electrons. The van der Waals surface area contributed by atoms with Crippen LogP contribution >= 0.6 is 0 Å². The highest BCUT2D eigenvalue weighted by Gasteiger charge is 2.37. The smallest absolute Gasteiger partial charge is 0.0726 e. The summed E-state index contributed by atoms with van der Waals surface area (Å²) in [4.78, 5) is 0. The van der Waals surface area contributed by atoms with Crippen LogP contribution in [0, 0.1) is 5.92 Å². The van der Waals surface area contributed by atoms with Gasteiger partial charge in [0.2, 0.25) is 0 Å². The molecule has 0 amide bonds. The van der Waals surface area contributed by atoms with Crippen LogP contribution in [0.1, 0.15) is 39.5 Å². The van der Waals surface area contributed by atoms with Crippen LogP contribution in [-0.2, 0) is 4.74 Å². The first kappa shape index (κ1) is 9.47. The highest BCUT2D eigenvalue weighted by Crippen LogP contribution is 2.29. The summed E-state index contributed by atoms with van der Waals surface area (Å²) >= 11 is 0. The predicted octanol–water partition coefficient (Wildman–Crippen LogP) is 1.94. The summed E-state index contributed by atoms with van der Waals surface area (Å²) in [6, 6.07) is 0. The summed E-state index contributed by atoms with van der Waals surface area (Å²) in [5.41, 5.74) is 0.246. The molecule has 2 nitrogen and oxygen atoms in total. The summed E-state index contributed by atoms with van der Waals surface area (Å²) in [6.07, 6.45) is 5.85. The van der Waals surface area contributed by atoms with Gasteiger partial charge in [0.05, 0.1) is 6.10 Å². The lowest BCUT2D eigenvalue weighted by molar-refractivity contribution is 0.0850. The molecule has 2 fully saturated rings. The summed E-state index contributed by atoms with van der Waals surface area (Å²) in [6.45, 7) is 6.60. The Balaban J connectivity index is 1.78. The summed E-state index contributed by atoms with van der Waals surface area (Å²) in [5, 5.41) is 3.68. The highest BCUT2D eigenvalue weighted by molar-refractivity contribution is 4.94. The van der Waals surface area contributed by atoms with E-state index in [1.54, 1.807) is 0 Å². The maximum Gasteiger partial charge on any atom is 0.0726 e. The van der Waals surface area contributed by atoms with Crippen LogP contribution < -0.4 is 5.32 Å². The lowest BCUT2D eigenvalue weighted by Gasteiger charge is -2.34. The molecule has 2 unspecified atom stereocenters. The molecule has 1 saturated carbocycles. The number of ether oxygens (including phenoxy) is 1. The Hall–Kier alpha value is -0.0800. The minimum Gasteiger partial charge on any atom is -0.377 e. The van der Waals surface area contributed by atoms with Gasteiger partial charge in [-0.25, -0.2) is 0 Å². The minimum absolute atomic E-state index is 0.246. The van der Waals surface area contributed by atoms with Crippen LogP contribution in [0.25, 0.3) is 0 Å². The zero-order valence-corrected chi connectivity index (χ0v) is 8.81. The first-order valence-corrected chi connectivity index (χ1v) is 5.57. The minimum atomic E-state index is 0.246. The van der Waals surface area contributed by atoms with Crippen molar-refractivity contribution in [2.24, 2.45) is 5.92 Å². The quantitative estimate of drug-likeness (QED) is 0.722. The molecule has 1 aliphatic heterocycles. The van der Waals surface area contributed by atoms with E-state index in [-0.39, 0.29) is 5.54 Å². The molecule has 0 aromatic heterocycles. The molecule has 2 rings (SSSR count). The number of nitrogens with one attached hydrogen (secondary N) is 1. The van der Waals surface area contributed by atoms with E-state index in [4.69, 9.17) is 4.74 Å². The molecule has 1 heterocycles. The normalized spacial score (nSPS) is 40.6. The van der Waals surface area contributed by atoms with E-state index >= 15 is 0 Å².